The number of nitro groups is 1. The van der Waals surface area contributed by atoms with Crippen molar-refractivity contribution in [1.82, 2.24) is 9.66 Å². The van der Waals surface area contributed by atoms with Crippen molar-refractivity contribution in [1.29, 1.82) is 0 Å². The lowest BCUT2D eigenvalue weighted by Gasteiger charge is -2.09. The molecule has 1 aromatic heterocycles. The number of aryl methyl sites for hydroxylation is 1. The highest BCUT2D eigenvalue weighted by atomic mass is 79.9. The fraction of sp³-hybridized carbons (Fsp3) is 0.125. The van der Waals surface area contributed by atoms with Gasteiger partial charge in [-0.3, -0.25) is 14.9 Å². The van der Waals surface area contributed by atoms with Gasteiger partial charge in [0.2, 0.25) is 0 Å². The van der Waals surface area contributed by atoms with E-state index < -0.39 is 4.92 Å². The topological polar surface area (TPSA) is 99.6 Å². The number of non-ortho nitro benzene ring substituents is 1. The largest absolute Gasteiger partial charge is 0.488 e. The van der Waals surface area contributed by atoms with E-state index in [2.05, 4.69) is 41.9 Å². The second kappa shape index (κ2) is 10.3. The Hall–Kier alpha value is -3.37. The summed E-state index contributed by atoms with van der Waals surface area (Å²) < 4.78 is 8.60. The number of benzene rings is 3. The molecule has 0 radical (unpaired) electrons. The summed E-state index contributed by atoms with van der Waals surface area (Å²) in [4.78, 5) is 28.1. The normalized spacial score (nSPS) is 11.3. The minimum atomic E-state index is -0.438. The van der Waals surface area contributed by atoms with Crippen molar-refractivity contribution >= 4 is 54.7 Å². The number of rotatable bonds is 7. The number of nitro benzene ring substituents is 1. The highest BCUT2D eigenvalue weighted by molar-refractivity contribution is 9.10. The molecule has 0 aliphatic heterocycles. The Morgan fingerprint density at radius 1 is 1.15 bits per heavy atom. The monoisotopic (exact) mass is 584 g/mol. The third-order valence-corrected chi connectivity index (χ3v) is 6.10. The van der Waals surface area contributed by atoms with E-state index in [4.69, 9.17) is 4.74 Å². The molecule has 0 aliphatic carbocycles. The highest BCUT2D eigenvalue weighted by Gasteiger charge is 2.10. The van der Waals surface area contributed by atoms with Crippen LogP contribution in [0.4, 0.5) is 5.69 Å². The summed E-state index contributed by atoms with van der Waals surface area (Å²) in [5, 5.41) is 15.8. The lowest BCUT2D eigenvalue weighted by atomic mass is 10.2. The zero-order valence-electron chi connectivity index (χ0n) is 17.9. The molecule has 4 aromatic rings. The molecule has 10 heteroatoms. The van der Waals surface area contributed by atoms with E-state index in [0.29, 0.717) is 38.9 Å². The maximum atomic E-state index is 13.0. The van der Waals surface area contributed by atoms with Gasteiger partial charge in [0.15, 0.2) is 0 Å². The highest BCUT2D eigenvalue weighted by Crippen LogP contribution is 2.27. The molecule has 172 valence electrons. The molecule has 0 fully saturated rings. The molecular formula is C24H18Br2N4O4. The van der Waals surface area contributed by atoms with Gasteiger partial charge in [0.25, 0.3) is 11.2 Å². The van der Waals surface area contributed by atoms with Crippen LogP contribution in [0.15, 0.2) is 79.5 Å². The first kappa shape index (κ1) is 23.8. The van der Waals surface area contributed by atoms with Crippen LogP contribution in [0.1, 0.15) is 23.9 Å². The van der Waals surface area contributed by atoms with E-state index in [9.17, 15) is 14.9 Å². The third kappa shape index (κ3) is 5.23. The smallest absolute Gasteiger partial charge is 0.282 e. The molecule has 0 spiro atoms. The van der Waals surface area contributed by atoms with Gasteiger partial charge in [-0.15, -0.1) is 0 Å². The van der Waals surface area contributed by atoms with Crippen LogP contribution in [0.5, 0.6) is 5.75 Å². The second-order valence-corrected chi connectivity index (χ2v) is 9.08. The molecule has 0 saturated heterocycles. The molecule has 0 atom stereocenters. The van der Waals surface area contributed by atoms with E-state index >= 15 is 0 Å². The minimum absolute atomic E-state index is 0.0176. The van der Waals surface area contributed by atoms with E-state index in [1.54, 1.807) is 42.6 Å². The van der Waals surface area contributed by atoms with E-state index in [1.807, 2.05) is 19.1 Å². The molecule has 0 bridgehead atoms. The summed E-state index contributed by atoms with van der Waals surface area (Å²) >= 11 is 6.88. The van der Waals surface area contributed by atoms with Crippen molar-refractivity contribution in [3.05, 3.63) is 107 Å². The summed E-state index contributed by atoms with van der Waals surface area (Å²) in [6.45, 7) is 2.10. The van der Waals surface area contributed by atoms with Crippen LogP contribution in [-0.4, -0.2) is 20.8 Å². The number of fused-ring (bicyclic) bond motifs is 1. The van der Waals surface area contributed by atoms with Gasteiger partial charge in [-0.25, -0.2) is 4.98 Å². The molecular weight excluding hydrogens is 568 g/mol. The number of ether oxygens (including phenoxy) is 1. The summed E-state index contributed by atoms with van der Waals surface area (Å²) in [5.41, 5.74) is 1.84. The lowest BCUT2D eigenvalue weighted by Crippen LogP contribution is -2.22. The average molecular weight is 586 g/mol. The molecule has 0 aliphatic rings. The van der Waals surface area contributed by atoms with Crippen molar-refractivity contribution < 1.29 is 9.66 Å². The summed E-state index contributed by atoms with van der Waals surface area (Å²) in [5.74, 6) is 1.14. The molecule has 0 unspecified atom stereocenters. The summed E-state index contributed by atoms with van der Waals surface area (Å²) in [6, 6.07) is 17.1. The van der Waals surface area contributed by atoms with Crippen molar-refractivity contribution in [2.75, 3.05) is 0 Å². The van der Waals surface area contributed by atoms with Gasteiger partial charge in [-0.2, -0.15) is 9.78 Å². The number of halogens is 2. The predicted octanol–water partition coefficient (Wildman–Crippen LogP) is 5.85. The van der Waals surface area contributed by atoms with Gasteiger partial charge in [0.05, 0.1) is 26.5 Å². The van der Waals surface area contributed by atoms with Gasteiger partial charge in [-0.1, -0.05) is 35.0 Å². The number of nitrogens with zero attached hydrogens (tertiary/aromatic N) is 4. The quantitative estimate of drug-likeness (QED) is 0.154. The fourth-order valence-electron chi connectivity index (χ4n) is 3.30. The summed E-state index contributed by atoms with van der Waals surface area (Å²) in [7, 11) is 0. The number of hydrogen-bond acceptors (Lipinski definition) is 6. The first-order chi connectivity index (χ1) is 16.4. The lowest BCUT2D eigenvalue weighted by molar-refractivity contribution is -0.384. The average Bonchev–Trinajstić information content (AvgIpc) is 2.83. The van der Waals surface area contributed by atoms with Crippen molar-refractivity contribution in [3.63, 3.8) is 0 Å². The van der Waals surface area contributed by atoms with E-state index in [0.717, 1.165) is 10.0 Å². The number of aromatic nitrogens is 2. The Bertz CT molecular complexity index is 1480. The molecule has 34 heavy (non-hydrogen) atoms. The molecule has 0 N–H and O–H groups in total. The van der Waals surface area contributed by atoms with Crippen LogP contribution in [-0.2, 0) is 13.0 Å². The van der Waals surface area contributed by atoms with Crippen LogP contribution >= 0.6 is 31.9 Å². The van der Waals surface area contributed by atoms with Crippen molar-refractivity contribution in [3.8, 4) is 5.75 Å². The van der Waals surface area contributed by atoms with Crippen molar-refractivity contribution in [2.45, 2.75) is 20.0 Å². The van der Waals surface area contributed by atoms with Gasteiger partial charge in [-0.05, 0) is 63.5 Å². The first-order valence-electron chi connectivity index (χ1n) is 10.3. The zero-order valence-corrected chi connectivity index (χ0v) is 21.1. The minimum Gasteiger partial charge on any atom is -0.488 e. The SMILES string of the molecule is CCc1nc2ccc(Br)cc2c(=O)n1N=Cc1ccc(OCc2cccc([N+](=O)[O-])c2)c(Br)c1. The van der Waals surface area contributed by atoms with Gasteiger partial charge in [0, 0.05) is 23.0 Å². The maximum Gasteiger partial charge on any atom is 0.282 e. The Balaban J connectivity index is 1.56. The van der Waals surface area contributed by atoms with E-state index in [1.165, 1.54) is 16.8 Å². The number of hydrogen-bond donors (Lipinski definition) is 0. The molecule has 3 aromatic carbocycles. The summed E-state index contributed by atoms with van der Waals surface area (Å²) in [6.07, 6.45) is 2.13. The van der Waals surface area contributed by atoms with Crippen LogP contribution in [0.3, 0.4) is 0 Å². The molecule has 0 amide bonds. The van der Waals surface area contributed by atoms with Gasteiger partial charge < -0.3 is 4.74 Å². The Morgan fingerprint density at radius 3 is 2.71 bits per heavy atom. The van der Waals surface area contributed by atoms with Gasteiger partial charge in [0.1, 0.15) is 18.2 Å². The predicted molar refractivity (Wildman–Crippen MR) is 138 cm³/mol. The standard InChI is InChI=1S/C24H18Br2N4O4/c1-2-23-28-21-8-7-17(25)12-19(21)24(31)29(23)27-13-15-6-9-22(20(26)11-15)34-14-16-4-3-5-18(10-16)30(32)33/h3-13H,2,14H2,1H3. The second-order valence-electron chi connectivity index (χ2n) is 7.31. The molecule has 1 heterocycles. The van der Waals surface area contributed by atoms with Crippen LogP contribution in [0.25, 0.3) is 10.9 Å². The molecule has 4 rings (SSSR count). The van der Waals surface area contributed by atoms with Crippen LogP contribution < -0.4 is 10.3 Å². The zero-order chi connectivity index (χ0) is 24.2. The fourth-order valence-corrected chi connectivity index (χ4v) is 4.17. The van der Waals surface area contributed by atoms with Crippen LogP contribution in [0.2, 0.25) is 0 Å². The van der Waals surface area contributed by atoms with Crippen molar-refractivity contribution in [2.24, 2.45) is 5.10 Å². The van der Waals surface area contributed by atoms with E-state index in [-0.39, 0.29) is 17.9 Å². The third-order valence-electron chi connectivity index (χ3n) is 4.99. The Morgan fingerprint density at radius 2 is 1.97 bits per heavy atom. The van der Waals surface area contributed by atoms with Gasteiger partial charge >= 0.3 is 0 Å². The Kier molecular flexibility index (Phi) is 7.18. The molecule has 8 nitrogen and oxygen atoms in total. The van der Waals surface area contributed by atoms with Crippen LogP contribution in [0, 0.1) is 10.1 Å². The Labute approximate surface area is 211 Å². The first-order valence-corrected chi connectivity index (χ1v) is 11.9. The maximum absolute atomic E-state index is 13.0. The molecule has 0 saturated carbocycles.